The summed E-state index contributed by atoms with van der Waals surface area (Å²) < 4.78 is 7.63. The molecule has 0 saturated carbocycles. The summed E-state index contributed by atoms with van der Waals surface area (Å²) in [6.07, 6.45) is 3.09. The highest BCUT2D eigenvalue weighted by Crippen LogP contribution is 2.34. The zero-order chi connectivity index (χ0) is 12.7. The van der Waals surface area contributed by atoms with E-state index >= 15 is 0 Å². The van der Waals surface area contributed by atoms with Gasteiger partial charge in [-0.1, -0.05) is 23.2 Å². The molecule has 0 amide bonds. The molecular formula is C12H11Cl3N2O. The highest BCUT2D eigenvalue weighted by atomic mass is 35.5. The third kappa shape index (κ3) is 2.10. The van der Waals surface area contributed by atoms with Gasteiger partial charge in [0, 0.05) is 6.61 Å². The fraction of sp³-hybridized carbons (Fsp3) is 0.417. The lowest BCUT2D eigenvalue weighted by atomic mass is 10.2. The number of imidazole rings is 1. The normalized spacial score (nSPS) is 20.5. The first-order valence-electron chi connectivity index (χ1n) is 5.81. The molecule has 3 nitrogen and oxygen atoms in total. The Hall–Kier alpha value is -0.480. The Morgan fingerprint density at radius 3 is 2.67 bits per heavy atom. The molecule has 0 radical (unpaired) electrons. The maximum Gasteiger partial charge on any atom is 0.205 e. The largest absolute Gasteiger partial charge is 0.358 e. The predicted molar refractivity (Wildman–Crippen MR) is 73.6 cm³/mol. The standard InChI is InChI=1S/C12H11Cl3N2O/c13-7-5-9-10(6-8(7)14)17(12(15)16-9)11-3-1-2-4-18-11/h5-6,11H,1-4H2. The van der Waals surface area contributed by atoms with Gasteiger partial charge in [0.15, 0.2) is 0 Å². The van der Waals surface area contributed by atoms with Crippen LogP contribution in [0.1, 0.15) is 25.5 Å². The van der Waals surface area contributed by atoms with E-state index < -0.39 is 0 Å². The molecule has 0 aliphatic carbocycles. The van der Waals surface area contributed by atoms with Gasteiger partial charge in [0.2, 0.25) is 5.28 Å². The fourth-order valence-corrected chi connectivity index (χ4v) is 2.87. The second kappa shape index (κ2) is 4.89. The molecule has 1 saturated heterocycles. The van der Waals surface area contributed by atoms with Gasteiger partial charge < -0.3 is 4.74 Å². The van der Waals surface area contributed by atoms with E-state index in [0.29, 0.717) is 15.3 Å². The van der Waals surface area contributed by atoms with E-state index in [1.165, 1.54) is 0 Å². The molecule has 1 unspecified atom stereocenters. The monoisotopic (exact) mass is 304 g/mol. The second-order valence-corrected chi connectivity index (χ2v) is 5.48. The van der Waals surface area contributed by atoms with Crippen molar-refractivity contribution in [1.82, 2.24) is 9.55 Å². The van der Waals surface area contributed by atoms with E-state index in [0.717, 1.165) is 36.9 Å². The van der Waals surface area contributed by atoms with E-state index in [1.54, 1.807) is 12.1 Å². The highest BCUT2D eigenvalue weighted by molar-refractivity contribution is 6.42. The van der Waals surface area contributed by atoms with Crippen molar-refractivity contribution >= 4 is 45.8 Å². The zero-order valence-corrected chi connectivity index (χ0v) is 11.8. The van der Waals surface area contributed by atoms with Gasteiger partial charge in [-0.15, -0.1) is 0 Å². The summed E-state index contributed by atoms with van der Waals surface area (Å²) in [7, 11) is 0. The van der Waals surface area contributed by atoms with Crippen molar-refractivity contribution in [2.24, 2.45) is 0 Å². The van der Waals surface area contributed by atoms with Crippen LogP contribution in [0.2, 0.25) is 15.3 Å². The van der Waals surface area contributed by atoms with Crippen LogP contribution in [0, 0.1) is 0 Å². The van der Waals surface area contributed by atoms with Crippen molar-refractivity contribution < 1.29 is 4.74 Å². The third-order valence-corrected chi connectivity index (χ3v) is 4.12. The molecule has 2 aromatic rings. The number of rotatable bonds is 1. The number of benzene rings is 1. The van der Waals surface area contributed by atoms with E-state index in [4.69, 9.17) is 39.5 Å². The van der Waals surface area contributed by atoms with Crippen molar-refractivity contribution in [3.05, 3.63) is 27.5 Å². The summed E-state index contributed by atoms with van der Waals surface area (Å²) in [5.74, 6) is 0. The molecule has 1 aromatic carbocycles. The summed E-state index contributed by atoms with van der Waals surface area (Å²) >= 11 is 18.2. The summed E-state index contributed by atoms with van der Waals surface area (Å²) in [5.41, 5.74) is 1.60. The van der Waals surface area contributed by atoms with Crippen LogP contribution >= 0.6 is 34.8 Å². The lowest BCUT2D eigenvalue weighted by Gasteiger charge is -2.24. The molecule has 1 aliphatic heterocycles. The quantitative estimate of drug-likeness (QED) is 0.764. The van der Waals surface area contributed by atoms with Gasteiger partial charge in [0.25, 0.3) is 0 Å². The predicted octanol–water partition coefficient (Wildman–Crippen LogP) is 4.70. The average Bonchev–Trinajstić information content (AvgIpc) is 2.66. The SMILES string of the molecule is Clc1cc2nc(Cl)n(C3CCCCO3)c2cc1Cl. The minimum Gasteiger partial charge on any atom is -0.358 e. The fourth-order valence-electron chi connectivity index (χ4n) is 2.26. The molecule has 18 heavy (non-hydrogen) atoms. The molecule has 0 spiro atoms. The summed E-state index contributed by atoms with van der Waals surface area (Å²) in [6, 6.07) is 3.51. The Morgan fingerprint density at radius 2 is 1.94 bits per heavy atom. The molecule has 0 bridgehead atoms. The number of hydrogen-bond donors (Lipinski definition) is 0. The van der Waals surface area contributed by atoms with Crippen LogP contribution < -0.4 is 0 Å². The number of ether oxygens (including phenoxy) is 1. The summed E-state index contributed by atoms with van der Waals surface area (Å²) in [5, 5.41) is 1.39. The van der Waals surface area contributed by atoms with E-state index in [2.05, 4.69) is 4.98 Å². The molecule has 6 heteroatoms. The van der Waals surface area contributed by atoms with Crippen molar-refractivity contribution in [3.63, 3.8) is 0 Å². The maximum atomic E-state index is 6.19. The molecule has 1 fully saturated rings. The minimum atomic E-state index is -0.0616. The molecule has 1 atom stereocenters. The van der Waals surface area contributed by atoms with Gasteiger partial charge >= 0.3 is 0 Å². The summed E-state index contributed by atoms with van der Waals surface area (Å²) in [6.45, 7) is 0.752. The van der Waals surface area contributed by atoms with Crippen LogP contribution in [0.15, 0.2) is 12.1 Å². The van der Waals surface area contributed by atoms with Gasteiger partial charge in [-0.05, 0) is 43.0 Å². The van der Waals surface area contributed by atoms with Crippen LogP contribution in [-0.2, 0) is 4.74 Å². The van der Waals surface area contributed by atoms with Gasteiger partial charge in [-0.3, -0.25) is 4.57 Å². The van der Waals surface area contributed by atoms with Crippen LogP contribution in [0.4, 0.5) is 0 Å². The smallest absolute Gasteiger partial charge is 0.205 e. The third-order valence-electron chi connectivity index (χ3n) is 3.13. The molecular weight excluding hydrogens is 295 g/mol. The number of hydrogen-bond acceptors (Lipinski definition) is 2. The first kappa shape index (κ1) is 12.5. The Morgan fingerprint density at radius 1 is 1.17 bits per heavy atom. The van der Waals surface area contributed by atoms with Crippen LogP contribution in [0.5, 0.6) is 0 Å². The van der Waals surface area contributed by atoms with Gasteiger partial charge in [0.05, 0.1) is 21.1 Å². The Labute approximate surface area is 120 Å². The first-order chi connectivity index (χ1) is 8.66. The first-order valence-corrected chi connectivity index (χ1v) is 6.94. The van der Waals surface area contributed by atoms with Gasteiger partial charge in [-0.25, -0.2) is 4.98 Å². The molecule has 3 rings (SSSR count). The lowest BCUT2D eigenvalue weighted by Crippen LogP contribution is -2.18. The topological polar surface area (TPSA) is 27.1 Å². The number of aromatic nitrogens is 2. The maximum absolute atomic E-state index is 6.19. The van der Waals surface area contributed by atoms with Gasteiger partial charge in [0.1, 0.15) is 6.23 Å². The minimum absolute atomic E-state index is 0.0616. The van der Waals surface area contributed by atoms with Crippen LogP contribution in [0.25, 0.3) is 11.0 Å². The summed E-state index contributed by atoms with van der Waals surface area (Å²) in [4.78, 5) is 4.30. The number of nitrogens with zero attached hydrogens (tertiary/aromatic N) is 2. The lowest BCUT2D eigenvalue weighted by molar-refractivity contribution is -0.0293. The van der Waals surface area contributed by atoms with Crippen molar-refractivity contribution in [3.8, 4) is 0 Å². The Bertz CT molecular complexity index is 591. The van der Waals surface area contributed by atoms with Crippen molar-refractivity contribution in [2.45, 2.75) is 25.5 Å². The zero-order valence-electron chi connectivity index (χ0n) is 9.50. The second-order valence-electron chi connectivity index (χ2n) is 4.33. The van der Waals surface area contributed by atoms with E-state index in [-0.39, 0.29) is 6.23 Å². The number of fused-ring (bicyclic) bond motifs is 1. The molecule has 1 aliphatic rings. The Balaban J connectivity index is 2.15. The van der Waals surface area contributed by atoms with Gasteiger partial charge in [-0.2, -0.15) is 0 Å². The van der Waals surface area contributed by atoms with Crippen molar-refractivity contribution in [1.29, 1.82) is 0 Å². The van der Waals surface area contributed by atoms with Crippen LogP contribution in [0.3, 0.4) is 0 Å². The average molecular weight is 306 g/mol. The van der Waals surface area contributed by atoms with Crippen molar-refractivity contribution in [2.75, 3.05) is 6.61 Å². The highest BCUT2D eigenvalue weighted by Gasteiger charge is 2.21. The molecule has 0 N–H and O–H groups in total. The van der Waals surface area contributed by atoms with Crippen LogP contribution in [-0.4, -0.2) is 16.2 Å². The Kier molecular flexibility index (Phi) is 3.41. The molecule has 1 aromatic heterocycles. The molecule has 96 valence electrons. The molecule has 2 heterocycles. The number of halogens is 3. The van der Waals surface area contributed by atoms with E-state index in [1.807, 2.05) is 4.57 Å². The van der Waals surface area contributed by atoms with E-state index in [9.17, 15) is 0 Å².